The van der Waals surface area contributed by atoms with Crippen molar-refractivity contribution in [1.29, 1.82) is 0 Å². The summed E-state index contributed by atoms with van der Waals surface area (Å²) in [4.78, 5) is 16.3. The van der Waals surface area contributed by atoms with E-state index in [4.69, 9.17) is 15.7 Å². The van der Waals surface area contributed by atoms with Gasteiger partial charge < -0.3 is 20.6 Å². The average molecular weight is 270 g/mol. The first kappa shape index (κ1) is 14.1. The number of oxime groups is 1. The first-order valence-corrected chi connectivity index (χ1v) is 6.67. The molecule has 7 heteroatoms. The van der Waals surface area contributed by atoms with Crippen LogP contribution in [0.1, 0.15) is 19.8 Å². The minimum atomic E-state index is -0.631. The van der Waals surface area contributed by atoms with E-state index >= 15 is 0 Å². The third kappa shape index (κ3) is 3.16. The maximum absolute atomic E-state index is 12.4. The summed E-state index contributed by atoms with van der Waals surface area (Å²) in [5.41, 5.74) is 4.85. The van der Waals surface area contributed by atoms with Crippen LogP contribution in [0.3, 0.4) is 0 Å². The van der Waals surface area contributed by atoms with E-state index in [0.717, 1.165) is 25.9 Å². The van der Waals surface area contributed by atoms with Gasteiger partial charge in [0.1, 0.15) is 5.60 Å². The van der Waals surface area contributed by atoms with Crippen LogP contribution in [0, 0.1) is 0 Å². The van der Waals surface area contributed by atoms with Crippen molar-refractivity contribution in [1.82, 2.24) is 9.80 Å². The van der Waals surface area contributed by atoms with Crippen LogP contribution >= 0.6 is 0 Å². The molecule has 0 spiro atoms. The quantitative estimate of drug-likeness (QED) is 0.311. The molecule has 1 atom stereocenters. The van der Waals surface area contributed by atoms with Crippen LogP contribution in [0.25, 0.3) is 0 Å². The van der Waals surface area contributed by atoms with Gasteiger partial charge in [0.25, 0.3) is 5.91 Å². The number of carbonyl (C=O) groups is 1. The van der Waals surface area contributed by atoms with E-state index < -0.39 is 5.60 Å². The van der Waals surface area contributed by atoms with Gasteiger partial charge in [0, 0.05) is 32.8 Å². The SMILES string of the molecule is CC1(C(=O)N2CCN(CC(N)=NO)CC2)CCCO1. The summed E-state index contributed by atoms with van der Waals surface area (Å²) in [6.45, 7) is 5.78. The first-order chi connectivity index (χ1) is 9.05. The molecule has 2 fully saturated rings. The van der Waals surface area contributed by atoms with Crippen molar-refractivity contribution in [3.05, 3.63) is 0 Å². The summed E-state index contributed by atoms with van der Waals surface area (Å²) in [6.07, 6.45) is 1.75. The lowest BCUT2D eigenvalue weighted by molar-refractivity contribution is -0.152. The Kier molecular flexibility index (Phi) is 4.26. The Hall–Kier alpha value is -1.34. The van der Waals surface area contributed by atoms with Gasteiger partial charge in [-0.1, -0.05) is 5.16 Å². The van der Waals surface area contributed by atoms with Crippen molar-refractivity contribution in [2.75, 3.05) is 39.3 Å². The highest BCUT2D eigenvalue weighted by atomic mass is 16.5. The Balaban J connectivity index is 1.84. The number of amidine groups is 1. The van der Waals surface area contributed by atoms with Crippen molar-refractivity contribution in [3.63, 3.8) is 0 Å². The fourth-order valence-corrected chi connectivity index (χ4v) is 2.65. The molecule has 7 nitrogen and oxygen atoms in total. The van der Waals surface area contributed by atoms with Gasteiger partial charge in [-0.25, -0.2) is 0 Å². The summed E-state index contributed by atoms with van der Waals surface area (Å²) in [5, 5.41) is 11.5. The van der Waals surface area contributed by atoms with Gasteiger partial charge in [0.2, 0.25) is 0 Å². The van der Waals surface area contributed by atoms with E-state index in [2.05, 4.69) is 10.1 Å². The van der Waals surface area contributed by atoms with Crippen molar-refractivity contribution in [3.8, 4) is 0 Å². The molecule has 2 rings (SSSR count). The number of amides is 1. The topological polar surface area (TPSA) is 91.4 Å². The van der Waals surface area contributed by atoms with Crippen molar-refractivity contribution < 1.29 is 14.7 Å². The summed E-state index contributed by atoms with van der Waals surface area (Å²) < 4.78 is 5.59. The number of rotatable bonds is 3. The van der Waals surface area contributed by atoms with Crippen molar-refractivity contribution in [2.24, 2.45) is 10.9 Å². The highest BCUT2D eigenvalue weighted by Gasteiger charge is 2.41. The molecular formula is C12H22N4O3. The third-order valence-electron chi connectivity index (χ3n) is 3.84. The molecule has 2 aliphatic heterocycles. The third-order valence-corrected chi connectivity index (χ3v) is 3.84. The lowest BCUT2D eigenvalue weighted by Crippen LogP contribution is -2.55. The van der Waals surface area contributed by atoms with Crippen LogP contribution in [0.5, 0.6) is 0 Å². The molecule has 0 bridgehead atoms. The minimum absolute atomic E-state index is 0.0912. The number of hydrogen-bond donors (Lipinski definition) is 2. The van der Waals surface area contributed by atoms with Gasteiger partial charge in [-0.05, 0) is 19.8 Å². The molecule has 0 aromatic carbocycles. The maximum Gasteiger partial charge on any atom is 0.254 e. The fraction of sp³-hybridized carbons (Fsp3) is 0.833. The largest absolute Gasteiger partial charge is 0.409 e. The Morgan fingerprint density at radius 1 is 1.42 bits per heavy atom. The molecule has 3 N–H and O–H groups in total. The average Bonchev–Trinajstić information content (AvgIpc) is 2.87. The molecule has 0 aromatic heterocycles. The molecule has 0 aliphatic carbocycles. The highest BCUT2D eigenvalue weighted by Crippen LogP contribution is 2.27. The van der Waals surface area contributed by atoms with Crippen molar-refractivity contribution in [2.45, 2.75) is 25.4 Å². The summed E-state index contributed by atoms with van der Waals surface area (Å²) in [5.74, 6) is 0.291. The number of nitrogens with zero attached hydrogens (tertiary/aromatic N) is 3. The monoisotopic (exact) mass is 270 g/mol. The van der Waals surface area contributed by atoms with E-state index in [9.17, 15) is 4.79 Å². The van der Waals surface area contributed by atoms with Gasteiger partial charge in [0.15, 0.2) is 5.84 Å². The molecule has 2 saturated heterocycles. The van der Waals surface area contributed by atoms with Gasteiger partial charge in [-0.15, -0.1) is 0 Å². The number of ether oxygens (including phenoxy) is 1. The van der Waals surface area contributed by atoms with Gasteiger partial charge >= 0.3 is 0 Å². The van der Waals surface area contributed by atoms with E-state index in [-0.39, 0.29) is 11.7 Å². The lowest BCUT2D eigenvalue weighted by Gasteiger charge is -2.37. The zero-order valence-corrected chi connectivity index (χ0v) is 11.3. The van der Waals surface area contributed by atoms with E-state index in [1.807, 2.05) is 11.8 Å². The smallest absolute Gasteiger partial charge is 0.254 e. The molecule has 0 radical (unpaired) electrons. The van der Waals surface area contributed by atoms with E-state index in [0.29, 0.717) is 26.2 Å². The van der Waals surface area contributed by atoms with Crippen LogP contribution in [0.2, 0.25) is 0 Å². The normalized spacial score (nSPS) is 29.7. The Morgan fingerprint density at radius 3 is 2.63 bits per heavy atom. The second-order valence-electron chi connectivity index (χ2n) is 5.34. The number of nitrogens with two attached hydrogens (primary N) is 1. The molecule has 108 valence electrons. The number of hydrogen-bond acceptors (Lipinski definition) is 5. The molecule has 1 amide bonds. The van der Waals surface area contributed by atoms with Crippen LogP contribution in [-0.4, -0.2) is 71.7 Å². The molecule has 0 aromatic rings. The fourth-order valence-electron chi connectivity index (χ4n) is 2.65. The Morgan fingerprint density at radius 2 is 2.11 bits per heavy atom. The van der Waals surface area contributed by atoms with Crippen molar-refractivity contribution >= 4 is 11.7 Å². The van der Waals surface area contributed by atoms with E-state index in [1.165, 1.54) is 0 Å². The minimum Gasteiger partial charge on any atom is -0.409 e. The number of carbonyl (C=O) groups excluding carboxylic acids is 1. The second-order valence-corrected chi connectivity index (χ2v) is 5.34. The predicted molar refractivity (Wildman–Crippen MR) is 70.0 cm³/mol. The molecule has 19 heavy (non-hydrogen) atoms. The highest BCUT2D eigenvalue weighted by molar-refractivity contribution is 5.85. The zero-order valence-electron chi connectivity index (χ0n) is 11.3. The molecule has 2 aliphatic rings. The Labute approximate surface area is 113 Å². The second kappa shape index (κ2) is 5.75. The standard InChI is InChI=1S/C12H22N4O3/c1-12(3-2-8-19-12)11(17)16-6-4-15(5-7-16)9-10(13)14-18/h18H,2-9H2,1H3,(H2,13,14). The summed E-state index contributed by atoms with van der Waals surface area (Å²) in [6, 6.07) is 0. The van der Waals surface area contributed by atoms with Gasteiger partial charge in [-0.2, -0.15) is 0 Å². The molecule has 2 heterocycles. The van der Waals surface area contributed by atoms with Gasteiger partial charge in [-0.3, -0.25) is 9.69 Å². The zero-order chi connectivity index (χ0) is 13.9. The van der Waals surface area contributed by atoms with E-state index in [1.54, 1.807) is 0 Å². The summed E-state index contributed by atoms with van der Waals surface area (Å²) >= 11 is 0. The Bertz CT molecular complexity index is 358. The molecule has 1 unspecified atom stereocenters. The van der Waals surface area contributed by atoms with Crippen LogP contribution in [0.15, 0.2) is 5.16 Å². The predicted octanol–water partition coefficient (Wildman–Crippen LogP) is -0.554. The van der Waals surface area contributed by atoms with Crippen LogP contribution in [0.4, 0.5) is 0 Å². The lowest BCUT2D eigenvalue weighted by atomic mass is 10.0. The maximum atomic E-state index is 12.4. The molecular weight excluding hydrogens is 248 g/mol. The number of piperazine rings is 1. The summed E-state index contributed by atoms with van der Waals surface area (Å²) in [7, 11) is 0. The first-order valence-electron chi connectivity index (χ1n) is 6.67. The van der Waals surface area contributed by atoms with Crippen LogP contribution in [-0.2, 0) is 9.53 Å². The molecule has 0 saturated carbocycles. The van der Waals surface area contributed by atoms with Crippen LogP contribution < -0.4 is 5.73 Å². The van der Waals surface area contributed by atoms with Gasteiger partial charge in [0.05, 0.1) is 6.54 Å².